The van der Waals surface area contributed by atoms with Crippen molar-refractivity contribution in [1.82, 2.24) is 0 Å². The quantitative estimate of drug-likeness (QED) is 0.251. The van der Waals surface area contributed by atoms with Gasteiger partial charge in [0.15, 0.2) is 0 Å². The molecule has 1 rings (SSSR count). The summed E-state index contributed by atoms with van der Waals surface area (Å²) in [6.07, 6.45) is 0. The number of hydrogen-bond donors (Lipinski definition) is 0. The molecule has 0 unspecified atom stereocenters. The molecule has 276 valence electrons. The van der Waals surface area contributed by atoms with Gasteiger partial charge in [0.1, 0.15) is 0 Å². The van der Waals surface area contributed by atoms with Crippen molar-refractivity contribution >= 4 is 51.4 Å². The van der Waals surface area contributed by atoms with E-state index in [0.29, 0.717) is 0 Å². The van der Waals surface area contributed by atoms with E-state index in [4.69, 9.17) is 24.7 Å². The molecular formula is C36H72O6Si6. The van der Waals surface area contributed by atoms with Gasteiger partial charge in [-0.25, -0.2) is 0 Å². The summed E-state index contributed by atoms with van der Waals surface area (Å²) in [6.45, 7) is 65.2. The number of hydrogen-bond acceptors (Lipinski definition) is 6. The topological polar surface area (TPSA) is 55.4 Å². The van der Waals surface area contributed by atoms with Crippen LogP contribution in [0.15, 0.2) is 73.7 Å². The van der Waals surface area contributed by atoms with Gasteiger partial charge in [-0.05, 0) is 0 Å². The highest BCUT2D eigenvalue weighted by Gasteiger charge is 2.71. The summed E-state index contributed by atoms with van der Waals surface area (Å²) in [6, 6.07) is 0. The van der Waals surface area contributed by atoms with E-state index in [1.165, 1.54) is 0 Å². The monoisotopic (exact) mass is 768 g/mol. The molecule has 1 heterocycles. The molecule has 12 heteroatoms. The first kappa shape index (κ1) is 45.5. The third-order valence-corrected chi connectivity index (χ3v) is 40.0. The molecule has 0 bridgehead atoms. The van der Waals surface area contributed by atoms with Gasteiger partial charge in [0.25, 0.3) is 0 Å². The SMILES string of the molecule is C=C[Si]1(C(C)(C)C)O[Si](C=C)(C(C)(C)C)O[Si](C=C)(C(C)(C)C)O[Si](C=C)(C(C)(C)C)O[Si](C=C)(C(C)(C)C)O[Si](C=C)(C(C)(C)C)O1. The molecular weight excluding hydrogens is 697 g/mol. The zero-order valence-corrected chi connectivity index (χ0v) is 40.2. The van der Waals surface area contributed by atoms with Gasteiger partial charge in [-0.3, -0.25) is 0 Å². The lowest BCUT2D eigenvalue weighted by Gasteiger charge is -2.60. The van der Waals surface area contributed by atoms with Crippen LogP contribution in [0.2, 0.25) is 30.2 Å². The third kappa shape index (κ3) is 7.80. The predicted octanol–water partition coefficient (Wildman–Crippen LogP) is 11.9. The third-order valence-electron chi connectivity index (χ3n) is 9.70. The average molecular weight is 769 g/mol. The molecule has 0 spiro atoms. The second-order valence-electron chi connectivity index (χ2n) is 19.3. The van der Waals surface area contributed by atoms with Crippen molar-refractivity contribution in [3.05, 3.63) is 73.7 Å². The molecule has 0 radical (unpaired) electrons. The smallest absolute Gasteiger partial charge is 0.352 e. The lowest BCUT2D eigenvalue weighted by Crippen LogP contribution is -2.75. The second kappa shape index (κ2) is 13.8. The van der Waals surface area contributed by atoms with Gasteiger partial charge >= 0.3 is 51.4 Å². The van der Waals surface area contributed by atoms with Crippen molar-refractivity contribution in [2.45, 2.75) is 155 Å². The Balaban J connectivity index is 4.94. The van der Waals surface area contributed by atoms with E-state index in [2.05, 4.69) is 164 Å². The van der Waals surface area contributed by atoms with Gasteiger partial charge in [-0.2, -0.15) is 0 Å². The van der Waals surface area contributed by atoms with Crippen LogP contribution in [0.3, 0.4) is 0 Å². The molecule has 0 saturated carbocycles. The molecule has 0 aromatic rings. The van der Waals surface area contributed by atoms with Crippen LogP contribution in [0, 0.1) is 0 Å². The van der Waals surface area contributed by atoms with Gasteiger partial charge in [-0.1, -0.05) is 159 Å². The first-order chi connectivity index (χ1) is 21.1. The molecule has 6 nitrogen and oxygen atoms in total. The summed E-state index contributed by atoms with van der Waals surface area (Å²) >= 11 is 0. The van der Waals surface area contributed by atoms with Crippen LogP contribution in [0.1, 0.15) is 125 Å². The van der Waals surface area contributed by atoms with Crippen LogP contribution in [-0.2, 0) is 24.7 Å². The zero-order valence-electron chi connectivity index (χ0n) is 34.2. The molecule has 0 aromatic carbocycles. The normalized spacial score (nSPS) is 35.4. The van der Waals surface area contributed by atoms with Crippen molar-refractivity contribution in [3.8, 4) is 0 Å². The van der Waals surface area contributed by atoms with Gasteiger partial charge < -0.3 is 24.7 Å². The van der Waals surface area contributed by atoms with E-state index in [1.54, 1.807) is 0 Å². The van der Waals surface area contributed by atoms with E-state index >= 15 is 0 Å². The van der Waals surface area contributed by atoms with Gasteiger partial charge in [-0.15, -0.1) is 39.5 Å². The van der Waals surface area contributed by atoms with Gasteiger partial charge in [0, 0.05) is 30.2 Å². The number of rotatable bonds is 6. The first-order valence-electron chi connectivity index (χ1n) is 17.1. The molecule has 1 aliphatic rings. The minimum Gasteiger partial charge on any atom is -0.409 e. The van der Waals surface area contributed by atoms with E-state index < -0.39 is 81.6 Å². The Hall–Kier alpha value is -0.499. The van der Waals surface area contributed by atoms with Crippen molar-refractivity contribution in [1.29, 1.82) is 0 Å². The Morgan fingerprint density at radius 3 is 0.375 bits per heavy atom. The fourth-order valence-electron chi connectivity index (χ4n) is 5.65. The van der Waals surface area contributed by atoms with E-state index in [1.807, 2.05) is 34.2 Å². The molecule has 1 saturated heterocycles. The minimum absolute atomic E-state index is 0.516. The molecule has 0 amide bonds. The van der Waals surface area contributed by atoms with E-state index in [9.17, 15) is 0 Å². The maximum Gasteiger partial charge on any atom is 0.352 e. The maximum atomic E-state index is 7.75. The fourth-order valence-corrected chi connectivity index (χ4v) is 42.1. The Labute approximate surface area is 303 Å². The van der Waals surface area contributed by atoms with Crippen LogP contribution in [0.4, 0.5) is 0 Å². The molecule has 1 fully saturated rings. The standard InChI is InChI=1S/C36H72O6Si6/c1-25-43(31(7,8)9)37-44(26-2,32(10,11)12)39-46(28-4,34(16,17)18)41-48(30-6,36(22,23)24)42-47(29-5,35(19,20)21)40-45(27-3,38-43)33(13,14)15/h25-30H,1-6H2,7-24H3. The Kier molecular flexibility index (Phi) is 13.1. The van der Waals surface area contributed by atoms with E-state index in [-0.39, 0.29) is 0 Å². The fraction of sp³-hybridized carbons (Fsp3) is 0.667. The molecule has 0 N–H and O–H groups in total. The van der Waals surface area contributed by atoms with Crippen LogP contribution >= 0.6 is 0 Å². The highest BCUT2D eigenvalue weighted by atomic mass is 28.5. The average Bonchev–Trinajstić information content (AvgIpc) is 2.89. The van der Waals surface area contributed by atoms with Crippen molar-refractivity contribution in [2.75, 3.05) is 0 Å². The second-order valence-corrected chi connectivity index (χ2v) is 43.7. The van der Waals surface area contributed by atoms with Crippen molar-refractivity contribution in [2.24, 2.45) is 0 Å². The summed E-state index contributed by atoms with van der Waals surface area (Å²) < 4.78 is 46.5. The highest BCUT2D eigenvalue weighted by Crippen LogP contribution is 2.58. The Bertz CT molecular complexity index is 974. The van der Waals surface area contributed by atoms with Crippen molar-refractivity contribution in [3.63, 3.8) is 0 Å². The summed E-state index contributed by atoms with van der Waals surface area (Å²) in [7, 11) is -21.4. The highest BCUT2D eigenvalue weighted by molar-refractivity contribution is 7.02. The Morgan fingerprint density at radius 2 is 0.333 bits per heavy atom. The maximum absolute atomic E-state index is 7.75. The minimum atomic E-state index is -3.57. The lowest BCUT2D eigenvalue weighted by atomic mass is 10.2. The Morgan fingerprint density at radius 1 is 0.250 bits per heavy atom. The van der Waals surface area contributed by atoms with Gasteiger partial charge in [0.05, 0.1) is 0 Å². The first-order valence-corrected chi connectivity index (χ1v) is 28.5. The summed E-state index contributed by atoms with van der Waals surface area (Å²) in [4.78, 5) is 0. The summed E-state index contributed by atoms with van der Waals surface area (Å²) in [5.74, 6) is 0. The van der Waals surface area contributed by atoms with Crippen LogP contribution in [0.5, 0.6) is 0 Å². The molecule has 0 aliphatic carbocycles. The van der Waals surface area contributed by atoms with Gasteiger partial charge in [0.2, 0.25) is 0 Å². The molecule has 0 atom stereocenters. The predicted molar refractivity (Wildman–Crippen MR) is 221 cm³/mol. The summed E-state index contributed by atoms with van der Waals surface area (Å²) in [5.41, 5.74) is 11.4. The lowest BCUT2D eigenvalue weighted by molar-refractivity contribution is 0.185. The molecule has 1 aliphatic heterocycles. The van der Waals surface area contributed by atoms with Crippen LogP contribution in [0.25, 0.3) is 0 Å². The summed E-state index contributed by atoms with van der Waals surface area (Å²) in [5, 5.41) is -3.10. The van der Waals surface area contributed by atoms with E-state index in [0.717, 1.165) is 0 Å². The van der Waals surface area contributed by atoms with Crippen molar-refractivity contribution < 1.29 is 24.7 Å². The molecule has 0 aromatic heterocycles. The molecule has 48 heavy (non-hydrogen) atoms. The zero-order chi connectivity index (χ0) is 38.5. The van der Waals surface area contributed by atoms with Crippen LogP contribution in [-0.4, -0.2) is 51.4 Å². The van der Waals surface area contributed by atoms with Crippen LogP contribution < -0.4 is 0 Å². The largest absolute Gasteiger partial charge is 0.409 e.